The molecule has 0 atom stereocenters. The molecule has 3 aromatic rings. The summed E-state index contributed by atoms with van der Waals surface area (Å²) in [6.45, 7) is 2.04. The van der Waals surface area contributed by atoms with Crippen LogP contribution in [0.3, 0.4) is 0 Å². The van der Waals surface area contributed by atoms with Gasteiger partial charge in [-0.15, -0.1) is 0 Å². The zero-order valence-corrected chi connectivity index (χ0v) is 12.5. The third kappa shape index (κ3) is 2.93. The predicted molar refractivity (Wildman–Crippen MR) is 89.1 cm³/mol. The number of hydrogen-bond donors (Lipinski definition) is 0. The maximum atomic E-state index is 12.1. The molecule has 22 heavy (non-hydrogen) atoms. The summed E-state index contributed by atoms with van der Waals surface area (Å²) in [7, 11) is 1.58. The summed E-state index contributed by atoms with van der Waals surface area (Å²) in [5.41, 5.74) is 2.93. The third-order valence-electron chi connectivity index (χ3n) is 3.47. The van der Waals surface area contributed by atoms with E-state index in [2.05, 4.69) is 6.07 Å². The van der Waals surface area contributed by atoms with Crippen LogP contribution in [-0.4, -0.2) is 7.11 Å². The fourth-order valence-corrected chi connectivity index (χ4v) is 2.31. The molecule has 0 unspecified atom stereocenters. The first-order valence-electron chi connectivity index (χ1n) is 7.02. The van der Waals surface area contributed by atoms with Gasteiger partial charge in [0, 0.05) is 11.5 Å². The van der Waals surface area contributed by atoms with Crippen LogP contribution in [0.5, 0.6) is 5.75 Å². The Morgan fingerprint density at radius 1 is 1.05 bits per heavy atom. The molecule has 0 spiro atoms. The van der Waals surface area contributed by atoms with Crippen molar-refractivity contribution < 1.29 is 9.15 Å². The molecule has 0 fully saturated rings. The van der Waals surface area contributed by atoms with Crippen LogP contribution in [-0.2, 0) is 0 Å². The molecule has 0 aliphatic rings. The first-order valence-corrected chi connectivity index (χ1v) is 7.02. The van der Waals surface area contributed by atoms with Gasteiger partial charge in [-0.25, -0.2) is 4.79 Å². The van der Waals surface area contributed by atoms with E-state index in [0.29, 0.717) is 16.9 Å². The van der Waals surface area contributed by atoms with Gasteiger partial charge in [-0.1, -0.05) is 35.9 Å². The number of aryl methyl sites for hydroxylation is 1. The van der Waals surface area contributed by atoms with Gasteiger partial charge in [0.25, 0.3) is 0 Å². The molecule has 0 saturated heterocycles. The third-order valence-corrected chi connectivity index (χ3v) is 3.47. The Morgan fingerprint density at radius 2 is 1.91 bits per heavy atom. The molecule has 110 valence electrons. The molecule has 2 aromatic carbocycles. The number of hydrogen-bond acceptors (Lipinski definition) is 3. The Hall–Kier alpha value is -2.81. The molecule has 3 heteroatoms. The van der Waals surface area contributed by atoms with Crippen LogP contribution in [0, 0.1) is 6.92 Å². The van der Waals surface area contributed by atoms with Crippen molar-refractivity contribution in [2.24, 2.45) is 0 Å². The quantitative estimate of drug-likeness (QED) is 0.676. The van der Waals surface area contributed by atoms with Gasteiger partial charge in [0.15, 0.2) is 0 Å². The van der Waals surface area contributed by atoms with Gasteiger partial charge in [0.2, 0.25) is 0 Å². The number of rotatable bonds is 3. The summed E-state index contributed by atoms with van der Waals surface area (Å²) < 4.78 is 10.5. The van der Waals surface area contributed by atoms with Crippen molar-refractivity contribution in [2.75, 3.05) is 7.11 Å². The summed E-state index contributed by atoms with van der Waals surface area (Å²) in [6, 6.07) is 15.3. The molecule has 0 aliphatic heterocycles. The van der Waals surface area contributed by atoms with Gasteiger partial charge in [-0.2, -0.15) is 0 Å². The SMILES string of the molecule is COc1ccc2cc(/C=C/c3cccc(C)c3)c(=O)oc2c1. The minimum Gasteiger partial charge on any atom is -0.497 e. The van der Waals surface area contributed by atoms with Gasteiger partial charge < -0.3 is 9.15 Å². The highest BCUT2D eigenvalue weighted by molar-refractivity contribution is 5.81. The van der Waals surface area contributed by atoms with Crippen LogP contribution >= 0.6 is 0 Å². The van der Waals surface area contributed by atoms with Crippen molar-refractivity contribution in [3.8, 4) is 5.75 Å². The minimum atomic E-state index is -0.357. The summed E-state index contributed by atoms with van der Waals surface area (Å²) in [5.74, 6) is 0.665. The smallest absolute Gasteiger partial charge is 0.343 e. The first-order chi connectivity index (χ1) is 10.7. The van der Waals surface area contributed by atoms with E-state index in [-0.39, 0.29) is 5.63 Å². The molecule has 0 radical (unpaired) electrons. The Morgan fingerprint density at radius 3 is 2.68 bits per heavy atom. The molecule has 1 aromatic heterocycles. The molecule has 0 N–H and O–H groups in total. The summed E-state index contributed by atoms with van der Waals surface area (Å²) in [5, 5.41) is 0.865. The molecule has 3 rings (SSSR count). The fourth-order valence-electron chi connectivity index (χ4n) is 2.31. The Labute approximate surface area is 128 Å². The molecular formula is C19H16O3. The average Bonchev–Trinajstić information content (AvgIpc) is 2.52. The van der Waals surface area contributed by atoms with E-state index in [4.69, 9.17) is 9.15 Å². The van der Waals surface area contributed by atoms with E-state index >= 15 is 0 Å². The molecule has 0 amide bonds. The van der Waals surface area contributed by atoms with Crippen LogP contribution < -0.4 is 10.4 Å². The summed E-state index contributed by atoms with van der Waals surface area (Å²) >= 11 is 0. The van der Waals surface area contributed by atoms with Crippen LogP contribution in [0.2, 0.25) is 0 Å². The Bertz CT molecular complexity index is 904. The average molecular weight is 292 g/mol. The largest absolute Gasteiger partial charge is 0.497 e. The van der Waals surface area contributed by atoms with Crippen LogP contribution in [0.1, 0.15) is 16.7 Å². The number of benzene rings is 2. The lowest BCUT2D eigenvalue weighted by atomic mass is 10.1. The van der Waals surface area contributed by atoms with Gasteiger partial charge in [0.05, 0.1) is 12.7 Å². The second-order valence-corrected chi connectivity index (χ2v) is 5.14. The lowest BCUT2D eigenvalue weighted by molar-refractivity contribution is 0.414. The van der Waals surface area contributed by atoms with Crippen molar-refractivity contribution in [3.63, 3.8) is 0 Å². The lowest BCUT2D eigenvalue weighted by Gasteiger charge is -2.02. The zero-order chi connectivity index (χ0) is 15.5. The van der Waals surface area contributed by atoms with Crippen molar-refractivity contribution >= 4 is 23.1 Å². The van der Waals surface area contributed by atoms with Crippen molar-refractivity contribution in [2.45, 2.75) is 6.92 Å². The van der Waals surface area contributed by atoms with Gasteiger partial charge >= 0.3 is 5.63 Å². The Kier molecular flexibility index (Phi) is 3.79. The van der Waals surface area contributed by atoms with Crippen LogP contribution in [0.4, 0.5) is 0 Å². The van der Waals surface area contributed by atoms with Crippen molar-refractivity contribution in [1.82, 2.24) is 0 Å². The van der Waals surface area contributed by atoms with Crippen molar-refractivity contribution in [3.05, 3.63) is 75.6 Å². The predicted octanol–water partition coefficient (Wildman–Crippen LogP) is 4.28. The number of fused-ring (bicyclic) bond motifs is 1. The molecular weight excluding hydrogens is 276 g/mol. The van der Waals surface area contributed by atoms with E-state index in [1.54, 1.807) is 19.3 Å². The molecule has 0 aliphatic carbocycles. The molecule has 3 nitrogen and oxygen atoms in total. The van der Waals surface area contributed by atoms with E-state index in [1.165, 1.54) is 5.56 Å². The number of methoxy groups -OCH3 is 1. The second-order valence-electron chi connectivity index (χ2n) is 5.14. The van der Waals surface area contributed by atoms with Crippen LogP contribution in [0.25, 0.3) is 23.1 Å². The minimum absolute atomic E-state index is 0.357. The highest BCUT2D eigenvalue weighted by Crippen LogP contribution is 2.20. The fraction of sp³-hybridized carbons (Fsp3) is 0.105. The van der Waals surface area contributed by atoms with E-state index < -0.39 is 0 Å². The lowest BCUT2D eigenvalue weighted by Crippen LogP contribution is -2.02. The van der Waals surface area contributed by atoms with E-state index in [0.717, 1.165) is 10.9 Å². The highest BCUT2D eigenvalue weighted by atomic mass is 16.5. The standard InChI is InChI=1S/C19H16O3/c1-13-4-3-5-14(10-13)6-7-16-11-15-8-9-17(21-2)12-18(15)22-19(16)20/h3-12H,1-2H3/b7-6+. The highest BCUT2D eigenvalue weighted by Gasteiger charge is 2.04. The first kappa shape index (κ1) is 14.1. The molecule has 0 bridgehead atoms. The molecule has 0 saturated carbocycles. The summed E-state index contributed by atoms with van der Waals surface area (Å²) in [4.78, 5) is 12.1. The second kappa shape index (κ2) is 5.90. The van der Waals surface area contributed by atoms with Gasteiger partial charge in [-0.05, 0) is 36.8 Å². The maximum absolute atomic E-state index is 12.1. The Balaban J connectivity index is 2.00. The summed E-state index contributed by atoms with van der Waals surface area (Å²) in [6.07, 6.45) is 3.69. The maximum Gasteiger partial charge on any atom is 0.343 e. The molecule has 1 heterocycles. The van der Waals surface area contributed by atoms with Crippen molar-refractivity contribution in [1.29, 1.82) is 0 Å². The normalized spacial score (nSPS) is 11.2. The van der Waals surface area contributed by atoms with E-state index in [9.17, 15) is 4.79 Å². The van der Waals surface area contributed by atoms with Crippen LogP contribution in [0.15, 0.2) is 57.7 Å². The number of ether oxygens (including phenoxy) is 1. The topological polar surface area (TPSA) is 39.4 Å². The van der Waals surface area contributed by atoms with E-state index in [1.807, 2.05) is 49.4 Å². The zero-order valence-electron chi connectivity index (χ0n) is 12.5. The monoisotopic (exact) mass is 292 g/mol. The van der Waals surface area contributed by atoms with Gasteiger partial charge in [0.1, 0.15) is 11.3 Å². The van der Waals surface area contributed by atoms with Gasteiger partial charge in [-0.3, -0.25) is 0 Å².